The van der Waals surface area contributed by atoms with Gasteiger partial charge in [0.1, 0.15) is 17.1 Å². The zero-order chi connectivity index (χ0) is 33.9. The van der Waals surface area contributed by atoms with E-state index in [9.17, 15) is 27.6 Å². The van der Waals surface area contributed by atoms with Crippen molar-refractivity contribution in [2.75, 3.05) is 38.0 Å². The quantitative estimate of drug-likeness (QED) is 0.167. The lowest BCUT2D eigenvalue weighted by molar-refractivity contribution is -0.137. The highest BCUT2D eigenvalue weighted by Crippen LogP contribution is 2.52. The highest BCUT2D eigenvalue weighted by atomic mass is 31.2. The van der Waals surface area contributed by atoms with E-state index in [0.29, 0.717) is 48.1 Å². The molecule has 5 rings (SSSR count). The van der Waals surface area contributed by atoms with Gasteiger partial charge in [-0.1, -0.05) is 12.1 Å². The fourth-order valence-electron chi connectivity index (χ4n) is 6.13. The molecule has 2 heterocycles. The van der Waals surface area contributed by atoms with Gasteiger partial charge in [-0.2, -0.15) is 18.2 Å². The Balaban J connectivity index is 1.46. The van der Waals surface area contributed by atoms with Crippen LogP contribution in [-0.4, -0.2) is 59.4 Å². The number of hydrogen-bond acceptors (Lipinski definition) is 10. The summed E-state index contributed by atoms with van der Waals surface area (Å²) >= 11 is 0. The van der Waals surface area contributed by atoms with Crippen molar-refractivity contribution >= 4 is 36.6 Å². The van der Waals surface area contributed by atoms with Gasteiger partial charge in [0.15, 0.2) is 0 Å². The third kappa shape index (κ3) is 7.72. The summed E-state index contributed by atoms with van der Waals surface area (Å²) in [5.74, 6) is -0.536. The topological polar surface area (TPSA) is 135 Å². The van der Waals surface area contributed by atoms with Crippen LogP contribution >= 0.6 is 7.60 Å². The number of nitrogens with zero attached hydrogens (tertiary/aromatic N) is 3. The Morgan fingerprint density at radius 1 is 1.04 bits per heavy atom. The summed E-state index contributed by atoms with van der Waals surface area (Å²) in [5.41, 5.74) is 2.11. The van der Waals surface area contributed by atoms with Gasteiger partial charge in [0.2, 0.25) is 5.95 Å². The Hall–Kier alpha value is -3.71. The Bertz CT molecular complexity index is 1650. The van der Waals surface area contributed by atoms with Gasteiger partial charge in [-0.05, 0) is 80.3 Å². The predicted molar refractivity (Wildman–Crippen MR) is 171 cm³/mol. The molecule has 1 aromatic heterocycles. The van der Waals surface area contributed by atoms with Crippen LogP contribution in [0.2, 0.25) is 0 Å². The van der Waals surface area contributed by atoms with E-state index in [1.165, 1.54) is 12.0 Å². The average molecular weight is 678 g/mol. The first kappa shape index (κ1) is 34.6. The third-order valence-electron chi connectivity index (χ3n) is 8.33. The first-order chi connectivity index (χ1) is 22.4. The number of anilines is 4. The van der Waals surface area contributed by atoms with Crippen LogP contribution in [0.5, 0.6) is 5.75 Å². The van der Waals surface area contributed by atoms with Crippen LogP contribution in [0, 0.1) is 0 Å². The predicted octanol–water partition coefficient (Wildman–Crippen LogP) is 7.36. The van der Waals surface area contributed by atoms with Crippen LogP contribution in [0.15, 0.2) is 36.5 Å². The number of ether oxygens (including phenoxy) is 1. The number of hydrogen-bond donors (Lipinski definition) is 3. The zero-order valence-corrected chi connectivity index (χ0v) is 27.6. The van der Waals surface area contributed by atoms with Gasteiger partial charge in [0.05, 0.1) is 49.5 Å². The molecule has 1 saturated carbocycles. The van der Waals surface area contributed by atoms with E-state index < -0.39 is 25.2 Å². The fraction of sp³-hybridized carbons (Fsp3) is 0.469. The number of aliphatic hydroxyl groups excluding tert-OH is 1. The minimum absolute atomic E-state index is 0.00408. The Kier molecular flexibility index (Phi) is 10.4. The van der Waals surface area contributed by atoms with Crippen molar-refractivity contribution in [3.05, 3.63) is 64.3 Å². The number of amides is 1. The zero-order valence-electron chi connectivity index (χ0n) is 26.7. The van der Waals surface area contributed by atoms with E-state index >= 15 is 0 Å². The SMILES string of the molecule is CCOP(=O)(Cc1ccc(Nc2ncc(C(F)(F)F)c(Nc3ccc([C@H]4CC[C@H](O)CC4)c4c3C(=O)N(C)C4)n2)c(OC)c1)OCC. The van der Waals surface area contributed by atoms with Crippen LogP contribution in [0.1, 0.15) is 78.1 Å². The Morgan fingerprint density at radius 3 is 2.36 bits per heavy atom. The van der Waals surface area contributed by atoms with Crippen molar-refractivity contribution in [1.29, 1.82) is 0 Å². The van der Waals surface area contributed by atoms with Crippen molar-refractivity contribution in [2.45, 2.75) is 70.4 Å². The number of rotatable bonds is 12. The highest BCUT2D eigenvalue weighted by Gasteiger charge is 2.37. The van der Waals surface area contributed by atoms with Crippen molar-refractivity contribution in [3.63, 3.8) is 0 Å². The molecule has 0 radical (unpaired) electrons. The Morgan fingerprint density at radius 2 is 1.72 bits per heavy atom. The summed E-state index contributed by atoms with van der Waals surface area (Å²) in [5, 5.41) is 15.7. The second-order valence-corrected chi connectivity index (χ2v) is 13.6. The summed E-state index contributed by atoms with van der Waals surface area (Å²) in [7, 11) is -0.323. The van der Waals surface area contributed by atoms with E-state index in [0.717, 1.165) is 24.0 Å². The molecule has 3 N–H and O–H groups in total. The second kappa shape index (κ2) is 14.2. The summed E-state index contributed by atoms with van der Waals surface area (Å²) in [6, 6.07) is 8.37. The molecule has 3 aromatic rings. The molecule has 0 unspecified atom stereocenters. The van der Waals surface area contributed by atoms with Crippen molar-refractivity contribution in [2.24, 2.45) is 0 Å². The molecule has 1 aliphatic carbocycles. The number of aromatic nitrogens is 2. The first-order valence-corrected chi connectivity index (χ1v) is 17.2. The standard InChI is InChI=1S/C32H39F3N5O6P/c1-5-45-47(43,46-6-2)18-19-7-13-25(27(15-19)44-4)38-31-36-16-24(32(33,34)35)29(39-31)37-26-14-12-22(20-8-10-21(41)11-9-20)23-17-40(3)30(42)28(23)26/h7,12-16,20-21,41H,5-6,8-11,17-18H2,1-4H3,(H2,36,37,38,39)/t20-,21-. The lowest BCUT2D eigenvalue weighted by atomic mass is 9.80. The molecule has 11 nitrogen and oxygen atoms in total. The molecule has 0 bridgehead atoms. The number of aliphatic hydroxyl groups is 1. The van der Waals surface area contributed by atoms with E-state index in [2.05, 4.69) is 20.6 Å². The number of halogens is 3. The summed E-state index contributed by atoms with van der Waals surface area (Å²) < 4.78 is 71.8. The molecule has 0 atom stereocenters. The molecule has 2 aliphatic rings. The Labute approximate surface area is 271 Å². The maximum atomic E-state index is 14.2. The second-order valence-electron chi connectivity index (χ2n) is 11.6. The van der Waals surface area contributed by atoms with E-state index in [4.69, 9.17) is 13.8 Å². The molecule has 2 aromatic carbocycles. The normalized spacial score (nSPS) is 18.3. The van der Waals surface area contributed by atoms with E-state index in [-0.39, 0.29) is 48.9 Å². The summed E-state index contributed by atoms with van der Waals surface area (Å²) in [6.45, 7) is 4.18. The summed E-state index contributed by atoms with van der Waals surface area (Å²) in [4.78, 5) is 22.9. The van der Waals surface area contributed by atoms with Gasteiger partial charge >= 0.3 is 13.8 Å². The smallest absolute Gasteiger partial charge is 0.421 e. The molecule has 1 fully saturated rings. The number of carbonyl (C=O) groups is 1. The highest BCUT2D eigenvalue weighted by molar-refractivity contribution is 7.53. The maximum absolute atomic E-state index is 14.2. The van der Waals surface area contributed by atoms with Crippen LogP contribution < -0.4 is 15.4 Å². The molecule has 47 heavy (non-hydrogen) atoms. The lowest BCUT2D eigenvalue weighted by Gasteiger charge is -2.27. The van der Waals surface area contributed by atoms with E-state index in [1.54, 1.807) is 45.2 Å². The number of methoxy groups -OCH3 is 1. The lowest BCUT2D eigenvalue weighted by Crippen LogP contribution is -2.18. The first-order valence-electron chi connectivity index (χ1n) is 15.5. The van der Waals surface area contributed by atoms with Crippen LogP contribution in [0.3, 0.4) is 0 Å². The molecule has 15 heteroatoms. The number of carbonyl (C=O) groups excluding carboxylic acids is 1. The molecule has 254 valence electrons. The number of fused-ring (bicyclic) bond motifs is 1. The summed E-state index contributed by atoms with van der Waals surface area (Å²) in [6.07, 6.45) is -1.62. The van der Waals surface area contributed by atoms with Gasteiger partial charge in [0.25, 0.3) is 5.91 Å². The molecular weight excluding hydrogens is 638 g/mol. The minimum Gasteiger partial charge on any atom is -0.495 e. The van der Waals surface area contributed by atoms with E-state index in [1.807, 2.05) is 6.07 Å². The molecule has 0 saturated heterocycles. The maximum Gasteiger partial charge on any atom is 0.421 e. The largest absolute Gasteiger partial charge is 0.495 e. The number of benzene rings is 2. The molecular formula is C32H39F3N5O6P. The number of alkyl halides is 3. The van der Waals surface area contributed by atoms with Crippen molar-refractivity contribution in [1.82, 2.24) is 14.9 Å². The third-order valence-corrected chi connectivity index (χ3v) is 10.4. The number of nitrogens with one attached hydrogen (secondary N) is 2. The monoisotopic (exact) mass is 677 g/mol. The van der Waals surface area contributed by atoms with Gasteiger partial charge < -0.3 is 34.4 Å². The van der Waals surface area contributed by atoms with Gasteiger partial charge in [-0.25, -0.2) is 4.98 Å². The van der Waals surface area contributed by atoms with Crippen LogP contribution in [-0.2, 0) is 32.5 Å². The fourth-order valence-corrected chi connectivity index (χ4v) is 7.82. The molecule has 1 aliphatic heterocycles. The van der Waals surface area contributed by atoms with Crippen molar-refractivity contribution < 1.29 is 41.4 Å². The van der Waals surface area contributed by atoms with Crippen LogP contribution in [0.25, 0.3) is 0 Å². The van der Waals surface area contributed by atoms with Crippen molar-refractivity contribution in [3.8, 4) is 5.75 Å². The van der Waals surface area contributed by atoms with Crippen LogP contribution in [0.4, 0.5) is 36.3 Å². The van der Waals surface area contributed by atoms with Gasteiger partial charge in [0, 0.05) is 19.8 Å². The molecule has 0 spiro atoms. The minimum atomic E-state index is -4.79. The van der Waals surface area contributed by atoms with Gasteiger partial charge in [-0.15, -0.1) is 0 Å². The molecule has 1 amide bonds. The average Bonchev–Trinajstić information content (AvgIpc) is 3.32. The van der Waals surface area contributed by atoms with Gasteiger partial charge in [-0.3, -0.25) is 9.36 Å².